The van der Waals surface area contributed by atoms with Crippen LogP contribution in [0.3, 0.4) is 0 Å². The van der Waals surface area contributed by atoms with Crippen LogP contribution in [-0.4, -0.2) is 28.0 Å². The highest BCUT2D eigenvalue weighted by Gasteiger charge is 2.46. The molecule has 43 heavy (non-hydrogen) atoms. The van der Waals surface area contributed by atoms with Crippen LogP contribution in [0.1, 0.15) is 54.9 Å². The van der Waals surface area contributed by atoms with Crippen molar-refractivity contribution in [2.75, 3.05) is 12.0 Å². The number of ether oxygens (including phenoxy) is 1. The van der Waals surface area contributed by atoms with E-state index in [9.17, 15) is 14.7 Å². The van der Waals surface area contributed by atoms with Crippen molar-refractivity contribution in [2.45, 2.75) is 46.5 Å². The van der Waals surface area contributed by atoms with E-state index in [1.165, 1.54) is 0 Å². The smallest absolute Gasteiger partial charge is 0.256 e. The molecule has 2 aromatic heterocycles. The Labute approximate surface area is 249 Å². The van der Waals surface area contributed by atoms with Crippen molar-refractivity contribution in [1.29, 1.82) is 0 Å². The number of aromatic hydroxyl groups is 1. The summed E-state index contributed by atoms with van der Waals surface area (Å²) in [6.07, 6.45) is 0.925. The first kappa shape index (κ1) is 27.0. The fourth-order valence-electron chi connectivity index (χ4n) is 6.81. The highest BCUT2D eigenvalue weighted by molar-refractivity contribution is 6.04. The van der Waals surface area contributed by atoms with Gasteiger partial charge in [-0.1, -0.05) is 38.1 Å². The molecule has 3 heterocycles. The zero-order valence-electron chi connectivity index (χ0n) is 24.9. The molecule has 7 rings (SSSR count). The van der Waals surface area contributed by atoms with Gasteiger partial charge in [-0.15, -0.1) is 0 Å². The molecule has 7 heteroatoms. The molecule has 1 aliphatic carbocycles. The molecule has 3 aromatic carbocycles. The zero-order chi connectivity index (χ0) is 30.2. The Bertz CT molecular complexity index is 2070. The number of aromatic amines is 1. The monoisotopic (exact) mass is 571 g/mol. The van der Waals surface area contributed by atoms with Gasteiger partial charge in [0.05, 0.1) is 29.6 Å². The number of hydrogen-bond donors (Lipinski definition) is 2. The summed E-state index contributed by atoms with van der Waals surface area (Å²) in [6, 6.07) is 21.0. The van der Waals surface area contributed by atoms with Crippen molar-refractivity contribution in [3.8, 4) is 11.5 Å². The van der Waals surface area contributed by atoms with Crippen molar-refractivity contribution >= 4 is 39.1 Å². The number of anilines is 2. The molecule has 0 bridgehead atoms. The molecule has 1 unspecified atom stereocenters. The summed E-state index contributed by atoms with van der Waals surface area (Å²) in [5.74, 6) is 0.423. The van der Waals surface area contributed by atoms with Crippen LogP contribution in [0.15, 0.2) is 82.8 Å². The van der Waals surface area contributed by atoms with E-state index in [-0.39, 0.29) is 22.5 Å². The third-order valence-corrected chi connectivity index (χ3v) is 9.05. The number of hydrogen-bond acceptors (Lipinski definition) is 6. The number of nitrogens with zero attached hydrogens (tertiary/aromatic N) is 2. The number of ketones is 1. The van der Waals surface area contributed by atoms with Gasteiger partial charge in [-0.25, -0.2) is 4.98 Å². The van der Waals surface area contributed by atoms with Gasteiger partial charge < -0.3 is 14.8 Å². The number of carbonyl (C=O) groups excluding carboxylic acids is 1. The van der Waals surface area contributed by atoms with Gasteiger partial charge >= 0.3 is 0 Å². The van der Waals surface area contributed by atoms with Crippen molar-refractivity contribution in [2.24, 2.45) is 5.41 Å². The number of fused-ring (bicyclic) bond motifs is 3. The summed E-state index contributed by atoms with van der Waals surface area (Å²) < 4.78 is 5.44. The fourth-order valence-corrected chi connectivity index (χ4v) is 6.81. The number of H-pyrrole nitrogens is 1. The molecule has 0 radical (unpaired) electrons. The Hall–Kier alpha value is -4.91. The van der Waals surface area contributed by atoms with E-state index in [1.54, 1.807) is 19.2 Å². The molecule has 0 saturated carbocycles. The van der Waals surface area contributed by atoms with Crippen molar-refractivity contribution in [1.82, 2.24) is 9.97 Å². The number of methoxy groups -OCH3 is 1. The van der Waals surface area contributed by atoms with Crippen LogP contribution in [0.2, 0.25) is 0 Å². The molecule has 1 atom stereocenters. The minimum Gasteiger partial charge on any atom is -0.507 e. The molecular weight excluding hydrogens is 538 g/mol. The van der Waals surface area contributed by atoms with Crippen molar-refractivity contribution in [3.63, 3.8) is 0 Å². The lowest BCUT2D eigenvalue weighted by atomic mass is 9.68. The first-order valence-corrected chi connectivity index (χ1v) is 14.5. The highest BCUT2D eigenvalue weighted by atomic mass is 16.5. The topological polar surface area (TPSA) is 95.5 Å². The average Bonchev–Trinajstić information content (AvgIpc) is 2.98. The lowest BCUT2D eigenvalue weighted by Crippen LogP contribution is -2.39. The second-order valence-electron chi connectivity index (χ2n) is 12.5. The van der Waals surface area contributed by atoms with Crippen LogP contribution in [0.4, 0.5) is 11.5 Å². The number of aryl methyl sites for hydroxylation is 2. The minimum atomic E-state index is -0.796. The van der Waals surface area contributed by atoms with Gasteiger partial charge in [0.1, 0.15) is 17.3 Å². The third kappa shape index (κ3) is 4.14. The second kappa shape index (κ2) is 9.56. The maximum Gasteiger partial charge on any atom is 0.256 e. The summed E-state index contributed by atoms with van der Waals surface area (Å²) >= 11 is 0. The lowest BCUT2D eigenvalue weighted by Gasteiger charge is -2.44. The van der Waals surface area contributed by atoms with Crippen LogP contribution >= 0.6 is 0 Å². The normalized spacial score (nSPS) is 17.7. The lowest BCUT2D eigenvalue weighted by molar-refractivity contribution is -0.118. The number of para-hydroxylation sites is 1. The van der Waals surface area contributed by atoms with Crippen LogP contribution in [0.5, 0.6) is 11.5 Å². The van der Waals surface area contributed by atoms with Crippen molar-refractivity contribution in [3.05, 3.63) is 111 Å². The Morgan fingerprint density at radius 2 is 1.74 bits per heavy atom. The van der Waals surface area contributed by atoms with E-state index in [0.717, 1.165) is 39.2 Å². The van der Waals surface area contributed by atoms with E-state index in [2.05, 4.69) is 43.6 Å². The first-order valence-electron chi connectivity index (χ1n) is 14.5. The van der Waals surface area contributed by atoms with E-state index >= 15 is 0 Å². The number of pyridine rings is 2. The molecule has 1 aliphatic heterocycles. The SMILES string of the molecule is COc1ccc(N2C3=C(C(=O)CC(C)(C)C3)C(c3c(O)c4ccccc4[nH]c3=O)c3cc4ccc(C)c(C)c4nc32)cc1. The molecule has 0 spiro atoms. The maximum absolute atomic E-state index is 14.2. The summed E-state index contributed by atoms with van der Waals surface area (Å²) in [6.45, 7) is 8.31. The van der Waals surface area contributed by atoms with Gasteiger partial charge in [-0.05, 0) is 79.3 Å². The fraction of sp³-hybridized carbons (Fsp3) is 0.250. The first-order chi connectivity index (χ1) is 20.6. The molecule has 2 aliphatic rings. The Balaban J connectivity index is 1.62. The molecule has 2 N–H and O–H groups in total. The molecule has 0 fully saturated rings. The number of carbonyl (C=O) groups is 1. The number of allylic oxidation sites excluding steroid dienone is 2. The van der Waals surface area contributed by atoms with Crippen LogP contribution in [0, 0.1) is 19.3 Å². The average molecular weight is 572 g/mol. The number of benzene rings is 3. The van der Waals surface area contributed by atoms with Gasteiger partial charge in [-0.2, -0.15) is 0 Å². The van der Waals surface area contributed by atoms with Gasteiger partial charge in [0.15, 0.2) is 5.78 Å². The number of Topliss-reactive ketones (excluding diaryl/α,β-unsaturated/α-hetero) is 1. The van der Waals surface area contributed by atoms with E-state index in [4.69, 9.17) is 9.72 Å². The molecule has 5 aromatic rings. The van der Waals surface area contributed by atoms with Gasteiger partial charge in [0, 0.05) is 39.7 Å². The van der Waals surface area contributed by atoms with Gasteiger partial charge in [-0.3, -0.25) is 14.5 Å². The highest BCUT2D eigenvalue weighted by Crippen LogP contribution is 2.54. The van der Waals surface area contributed by atoms with E-state index in [1.807, 2.05) is 48.5 Å². The molecule has 0 amide bonds. The molecular formula is C36H33N3O4. The largest absolute Gasteiger partial charge is 0.507 e. The number of aromatic nitrogens is 2. The van der Waals surface area contributed by atoms with Crippen molar-refractivity contribution < 1.29 is 14.6 Å². The van der Waals surface area contributed by atoms with Gasteiger partial charge in [0.25, 0.3) is 5.56 Å². The second-order valence-corrected chi connectivity index (χ2v) is 12.5. The molecule has 7 nitrogen and oxygen atoms in total. The summed E-state index contributed by atoms with van der Waals surface area (Å²) in [7, 11) is 1.63. The Kier molecular flexibility index (Phi) is 5.99. The van der Waals surface area contributed by atoms with E-state index in [0.29, 0.717) is 40.7 Å². The summed E-state index contributed by atoms with van der Waals surface area (Å²) in [4.78, 5) is 38.4. The maximum atomic E-state index is 14.2. The minimum absolute atomic E-state index is 0.0347. The third-order valence-electron chi connectivity index (χ3n) is 9.05. The Morgan fingerprint density at radius 1 is 1.00 bits per heavy atom. The Morgan fingerprint density at radius 3 is 2.49 bits per heavy atom. The predicted molar refractivity (Wildman–Crippen MR) is 169 cm³/mol. The summed E-state index contributed by atoms with van der Waals surface area (Å²) in [5.41, 5.74) is 5.90. The number of nitrogens with one attached hydrogen (secondary N) is 1. The molecule has 0 saturated heterocycles. The van der Waals surface area contributed by atoms with Crippen LogP contribution < -0.4 is 15.2 Å². The summed E-state index contributed by atoms with van der Waals surface area (Å²) in [5, 5.41) is 13.2. The van der Waals surface area contributed by atoms with Crippen LogP contribution in [-0.2, 0) is 4.79 Å². The predicted octanol–water partition coefficient (Wildman–Crippen LogP) is 7.33. The van der Waals surface area contributed by atoms with E-state index < -0.39 is 11.5 Å². The zero-order valence-corrected chi connectivity index (χ0v) is 24.9. The van der Waals surface area contributed by atoms with Gasteiger partial charge in [0.2, 0.25) is 0 Å². The molecule has 216 valence electrons. The van der Waals surface area contributed by atoms with Crippen LogP contribution in [0.25, 0.3) is 21.8 Å². The quantitative estimate of drug-likeness (QED) is 0.235. The standard InChI is InChI=1S/C36H33N3O4/c1-19-10-11-21-16-25-29(31-33(41)24-8-6-7-9-26(24)37-35(31)42)30-27(17-36(3,4)18-28(30)40)39(34(25)38-32(21)20(19)2)22-12-14-23(43-5)15-13-22/h6-16,29H,17-18H2,1-5H3,(H2,37,41,42). The number of rotatable bonds is 3.